The molecule has 102 valence electrons. The van der Waals surface area contributed by atoms with Crippen LogP contribution in [0.5, 0.6) is 0 Å². The van der Waals surface area contributed by atoms with E-state index in [0.717, 1.165) is 6.07 Å². The van der Waals surface area contributed by atoms with Crippen LogP contribution in [0.1, 0.15) is 0 Å². The van der Waals surface area contributed by atoms with Crippen LogP contribution in [0.25, 0.3) is 0 Å². The lowest BCUT2D eigenvalue weighted by Gasteiger charge is -2.22. The van der Waals surface area contributed by atoms with Crippen molar-refractivity contribution in [3.05, 3.63) is 17.7 Å². The lowest BCUT2D eigenvalue weighted by molar-refractivity contribution is 0.0693. The van der Waals surface area contributed by atoms with Gasteiger partial charge in [-0.05, 0) is 0 Å². The standard InChI is InChI=1S/C11H17F2N3O2/c1-14-10-8(12)4-9(13)11(15-10)16(2)5-7(17)6-18-3/h4,7,17H,5-6H2,1-3H3,(H,14,15). The molecule has 0 saturated carbocycles. The van der Waals surface area contributed by atoms with E-state index in [1.165, 1.54) is 19.1 Å². The summed E-state index contributed by atoms with van der Waals surface area (Å²) in [6.45, 7) is 0.262. The summed E-state index contributed by atoms with van der Waals surface area (Å²) in [4.78, 5) is 5.22. The monoisotopic (exact) mass is 261 g/mol. The first kappa shape index (κ1) is 14.6. The second-order valence-corrected chi connectivity index (χ2v) is 3.86. The third kappa shape index (κ3) is 3.51. The molecule has 1 aromatic rings. The Kier molecular flexibility index (Phi) is 5.24. The number of hydrogen-bond acceptors (Lipinski definition) is 5. The molecule has 0 saturated heterocycles. The summed E-state index contributed by atoms with van der Waals surface area (Å²) in [5.74, 6) is -1.61. The van der Waals surface area contributed by atoms with Crippen molar-refractivity contribution < 1.29 is 18.6 Å². The zero-order valence-corrected chi connectivity index (χ0v) is 10.6. The fraction of sp³-hybridized carbons (Fsp3) is 0.545. The minimum Gasteiger partial charge on any atom is -0.389 e. The number of aliphatic hydroxyl groups excluding tert-OH is 1. The molecule has 1 unspecified atom stereocenters. The molecule has 1 rings (SSSR count). The molecule has 0 fully saturated rings. The van der Waals surface area contributed by atoms with Gasteiger partial charge in [-0.3, -0.25) is 0 Å². The van der Waals surface area contributed by atoms with Crippen LogP contribution in [0.4, 0.5) is 20.4 Å². The van der Waals surface area contributed by atoms with Crippen LogP contribution in [0, 0.1) is 11.6 Å². The Hall–Kier alpha value is -1.47. The molecule has 1 heterocycles. The van der Waals surface area contributed by atoms with Gasteiger partial charge in [0.15, 0.2) is 23.3 Å². The number of anilines is 2. The van der Waals surface area contributed by atoms with E-state index in [1.54, 1.807) is 7.05 Å². The molecule has 1 aromatic heterocycles. The summed E-state index contributed by atoms with van der Waals surface area (Å²) in [6, 6.07) is 0.757. The van der Waals surface area contributed by atoms with E-state index < -0.39 is 17.7 Å². The highest BCUT2D eigenvalue weighted by molar-refractivity contribution is 5.48. The van der Waals surface area contributed by atoms with Crippen LogP contribution in [-0.4, -0.2) is 50.6 Å². The van der Waals surface area contributed by atoms with Crippen molar-refractivity contribution in [1.82, 2.24) is 4.98 Å². The number of halogens is 2. The molecule has 0 aliphatic carbocycles. The summed E-state index contributed by atoms with van der Waals surface area (Å²) in [5, 5.41) is 12.1. The van der Waals surface area contributed by atoms with Crippen LogP contribution in [-0.2, 0) is 4.74 Å². The summed E-state index contributed by atoms with van der Waals surface area (Å²) < 4.78 is 31.6. The molecule has 0 radical (unpaired) electrons. The molecular formula is C11H17F2N3O2. The molecule has 0 amide bonds. The van der Waals surface area contributed by atoms with Gasteiger partial charge in [-0.2, -0.15) is 0 Å². The zero-order valence-electron chi connectivity index (χ0n) is 10.6. The third-order valence-corrected chi connectivity index (χ3v) is 2.35. The van der Waals surface area contributed by atoms with E-state index in [0.29, 0.717) is 0 Å². The van der Waals surface area contributed by atoms with Gasteiger partial charge in [0, 0.05) is 33.8 Å². The van der Waals surface area contributed by atoms with Gasteiger partial charge >= 0.3 is 0 Å². The second kappa shape index (κ2) is 6.46. The van der Waals surface area contributed by atoms with E-state index in [-0.39, 0.29) is 24.8 Å². The molecule has 0 spiro atoms. The lowest BCUT2D eigenvalue weighted by Crippen LogP contribution is -2.33. The summed E-state index contributed by atoms with van der Waals surface area (Å²) in [5.41, 5.74) is 0. The SMILES string of the molecule is CNc1nc(N(C)CC(O)COC)c(F)cc1F. The number of pyridine rings is 1. The molecule has 2 N–H and O–H groups in total. The average molecular weight is 261 g/mol. The highest BCUT2D eigenvalue weighted by Crippen LogP contribution is 2.21. The van der Waals surface area contributed by atoms with Gasteiger partial charge in [0.05, 0.1) is 12.7 Å². The molecule has 0 aliphatic heterocycles. The molecule has 0 aromatic carbocycles. The van der Waals surface area contributed by atoms with Gasteiger partial charge in [0.2, 0.25) is 0 Å². The smallest absolute Gasteiger partial charge is 0.168 e. The molecule has 1 atom stereocenters. The largest absolute Gasteiger partial charge is 0.389 e. The predicted octanol–water partition coefficient (Wildman–Crippen LogP) is 0.845. The molecule has 18 heavy (non-hydrogen) atoms. The van der Waals surface area contributed by atoms with Crippen molar-refractivity contribution in [3.8, 4) is 0 Å². The minimum absolute atomic E-state index is 0.0316. The Labute approximate surface area is 104 Å². The summed E-state index contributed by atoms with van der Waals surface area (Å²) in [6.07, 6.45) is -0.774. The number of rotatable bonds is 6. The molecule has 0 bridgehead atoms. The number of nitrogens with one attached hydrogen (secondary N) is 1. The van der Waals surface area contributed by atoms with Gasteiger partial charge in [-0.25, -0.2) is 13.8 Å². The number of nitrogens with zero attached hydrogens (tertiary/aromatic N) is 2. The van der Waals surface area contributed by atoms with Crippen molar-refractivity contribution in [2.75, 3.05) is 44.6 Å². The van der Waals surface area contributed by atoms with E-state index in [2.05, 4.69) is 10.3 Å². The maximum absolute atomic E-state index is 13.6. The third-order valence-electron chi connectivity index (χ3n) is 2.35. The number of methoxy groups -OCH3 is 1. The minimum atomic E-state index is -0.779. The first-order chi connectivity index (χ1) is 8.49. The first-order valence-electron chi connectivity index (χ1n) is 5.41. The summed E-state index contributed by atoms with van der Waals surface area (Å²) in [7, 11) is 4.51. The van der Waals surface area contributed by atoms with Crippen molar-refractivity contribution in [1.29, 1.82) is 0 Å². The number of aliphatic hydroxyl groups is 1. The highest BCUT2D eigenvalue weighted by Gasteiger charge is 2.16. The Morgan fingerprint density at radius 2 is 2.17 bits per heavy atom. The van der Waals surface area contributed by atoms with Crippen molar-refractivity contribution in [2.24, 2.45) is 0 Å². The molecular weight excluding hydrogens is 244 g/mol. The van der Waals surface area contributed by atoms with E-state index in [1.807, 2.05) is 0 Å². The summed E-state index contributed by atoms with van der Waals surface area (Å²) >= 11 is 0. The fourth-order valence-electron chi connectivity index (χ4n) is 1.55. The van der Waals surface area contributed by atoms with Crippen molar-refractivity contribution >= 4 is 11.6 Å². The lowest BCUT2D eigenvalue weighted by atomic mass is 10.3. The van der Waals surface area contributed by atoms with E-state index in [9.17, 15) is 13.9 Å². The van der Waals surface area contributed by atoms with Crippen LogP contribution < -0.4 is 10.2 Å². The maximum atomic E-state index is 13.6. The van der Waals surface area contributed by atoms with Crippen LogP contribution in [0.15, 0.2) is 6.07 Å². The van der Waals surface area contributed by atoms with Crippen LogP contribution >= 0.6 is 0 Å². The Morgan fingerprint density at radius 1 is 1.50 bits per heavy atom. The molecule has 5 nitrogen and oxygen atoms in total. The van der Waals surface area contributed by atoms with E-state index in [4.69, 9.17) is 4.74 Å². The molecule has 7 heteroatoms. The van der Waals surface area contributed by atoms with Crippen molar-refractivity contribution in [2.45, 2.75) is 6.10 Å². The zero-order chi connectivity index (χ0) is 13.7. The maximum Gasteiger partial charge on any atom is 0.168 e. The number of ether oxygens (including phenoxy) is 1. The van der Waals surface area contributed by atoms with Gasteiger partial charge in [0.1, 0.15) is 0 Å². The number of likely N-dealkylation sites (N-methyl/N-ethyl adjacent to an activating group) is 1. The Balaban J connectivity index is 2.87. The molecule has 0 aliphatic rings. The quantitative estimate of drug-likeness (QED) is 0.795. The Morgan fingerprint density at radius 3 is 2.72 bits per heavy atom. The topological polar surface area (TPSA) is 57.6 Å². The Bertz CT molecular complexity index is 404. The van der Waals surface area contributed by atoms with Gasteiger partial charge in [-0.15, -0.1) is 0 Å². The number of aromatic nitrogens is 1. The van der Waals surface area contributed by atoms with E-state index >= 15 is 0 Å². The fourth-order valence-corrected chi connectivity index (χ4v) is 1.55. The average Bonchev–Trinajstić information content (AvgIpc) is 2.29. The highest BCUT2D eigenvalue weighted by atomic mass is 19.1. The second-order valence-electron chi connectivity index (χ2n) is 3.86. The van der Waals surface area contributed by atoms with Gasteiger partial charge in [-0.1, -0.05) is 0 Å². The predicted molar refractivity (Wildman–Crippen MR) is 64.9 cm³/mol. The normalized spacial score (nSPS) is 12.3. The van der Waals surface area contributed by atoms with Crippen molar-refractivity contribution in [3.63, 3.8) is 0 Å². The van der Waals surface area contributed by atoms with Gasteiger partial charge in [0.25, 0.3) is 0 Å². The number of hydrogen-bond donors (Lipinski definition) is 2. The van der Waals surface area contributed by atoms with Crippen LogP contribution in [0.3, 0.4) is 0 Å². The van der Waals surface area contributed by atoms with Crippen LogP contribution in [0.2, 0.25) is 0 Å². The first-order valence-corrected chi connectivity index (χ1v) is 5.41. The van der Waals surface area contributed by atoms with Gasteiger partial charge < -0.3 is 20.1 Å².